The van der Waals surface area contributed by atoms with Gasteiger partial charge < -0.3 is 0 Å². The number of fused-ring (bicyclic) bond motifs is 4. The average Bonchev–Trinajstić information content (AvgIpc) is 4.02. The van der Waals surface area contributed by atoms with E-state index in [1.54, 1.807) is 0 Å². The van der Waals surface area contributed by atoms with Crippen LogP contribution in [0.3, 0.4) is 0 Å². The molecule has 3 heteroatoms. The molecule has 0 saturated heterocycles. The molecule has 1 aromatic heterocycles. The van der Waals surface area contributed by atoms with Crippen LogP contribution in [0, 0.1) is 0 Å². The van der Waals surface area contributed by atoms with Crippen LogP contribution in [-0.2, 0) is 19.3 Å². The third kappa shape index (κ3) is 12.4. The van der Waals surface area contributed by atoms with Gasteiger partial charge in [-0.1, -0.05) is 251 Å². The molecule has 0 N–H and O–H groups in total. The van der Waals surface area contributed by atoms with Crippen molar-refractivity contribution in [1.29, 1.82) is 0 Å². The summed E-state index contributed by atoms with van der Waals surface area (Å²) in [6.07, 6.45) is 48.4. The standard InChI is InChI=1S/C77H71N3/c1-5-8-10-12-23-55-37-46-73(71-34-18-15-28-65(71)48-55)67-30-21-32-69(52-67)76-78-75(79-77(80-76)70-33-22-31-68(53-70)74-47-54(4)60(24-9-6-2)49-66-29-16-19-35-72(66)74)36-20-17-25-56(7-3)58-38-39-59-42-45-64(51-62(59)43-41-58)63-44-40-57-26-13-11-14-27-61(57)50-63/h7,11-23,25-26,28-38,40-45,47-48,50-53H,5-6,8-10,24,27,39,46,49H2,1-4H3/b23-12-,25-17-,36-20+,56-7+. The topological polar surface area (TPSA) is 38.7 Å². The molecule has 80 heavy (non-hydrogen) atoms. The number of unbranched alkanes of at least 4 members (excludes halogenated alkanes) is 3. The van der Waals surface area contributed by atoms with Crippen molar-refractivity contribution in [3.63, 3.8) is 0 Å². The SMILES string of the molecule is C\C=C(/C=C\C=C\c1nc(-c2cccc(C3=CC(C)=C(CCCC)Cc4ccccc43)c2)nc(-c2cccc(C3=c4ccccc4=CC(/C=C\CCCC)=CC3)c2)n1)C1=CCc2ccc(-c3ccc4c(c3)CC=CC=C4)cc2C=C1. The highest BCUT2D eigenvalue weighted by Crippen LogP contribution is 2.37. The molecule has 4 aliphatic carbocycles. The Morgan fingerprint density at radius 3 is 2.20 bits per heavy atom. The third-order valence-electron chi connectivity index (χ3n) is 15.9. The van der Waals surface area contributed by atoms with Gasteiger partial charge in [-0.2, -0.15) is 0 Å². The first kappa shape index (κ1) is 53.2. The van der Waals surface area contributed by atoms with Crippen molar-refractivity contribution in [3.8, 4) is 33.9 Å². The number of benzene rings is 6. The number of hydrogen-bond acceptors (Lipinski definition) is 3. The van der Waals surface area contributed by atoms with E-state index in [2.05, 4.69) is 258 Å². The normalized spacial score (nSPS) is 15.1. The van der Waals surface area contributed by atoms with Crippen LogP contribution in [0.15, 0.2) is 240 Å². The summed E-state index contributed by atoms with van der Waals surface area (Å²) in [4.78, 5) is 15.8. The van der Waals surface area contributed by atoms with Crippen molar-refractivity contribution in [2.75, 3.05) is 0 Å². The molecule has 0 spiro atoms. The number of rotatable bonds is 16. The predicted molar refractivity (Wildman–Crippen MR) is 341 cm³/mol. The molecule has 4 aliphatic rings. The smallest absolute Gasteiger partial charge is 0.164 e. The van der Waals surface area contributed by atoms with E-state index in [0.29, 0.717) is 17.5 Å². The predicted octanol–water partition coefficient (Wildman–Crippen LogP) is 18.3. The second-order valence-corrected chi connectivity index (χ2v) is 21.4. The second-order valence-electron chi connectivity index (χ2n) is 21.4. The Labute approximate surface area is 474 Å². The van der Waals surface area contributed by atoms with E-state index in [1.807, 2.05) is 6.08 Å². The maximum atomic E-state index is 5.33. The van der Waals surface area contributed by atoms with Crippen LogP contribution < -0.4 is 10.4 Å². The maximum Gasteiger partial charge on any atom is 0.164 e. The van der Waals surface area contributed by atoms with Gasteiger partial charge >= 0.3 is 0 Å². The fourth-order valence-electron chi connectivity index (χ4n) is 11.4. The maximum absolute atomic E-state index is 5.33. The summed E-state index contributed by atoms with van der Waals surface area (Å²) in [7, 11) is 0. The van der Waals surface area contributed by atoms with Gasteiger partial charge in [0, 0.05) is 11.1 Å². The van der Waals surface area contributed by atoms with Gasteiger partial charge in [0.15, 0.2) is 17.5 Å². The molecule has 11 rings (SSSR count). The third-order valence-corrected chi connectivity index (χ3v) is 15.9. The molecule has 3 nitrogen and oxygen atoms in total. The lowest BCUT2D eigenvalue weighted by Crippen LogP contribution is -2.26. The van der Waals surface area contributed by atoms with Crippen LogP contribution in [0.5, 0.6) is 0 Å². The Bertz CT molecular complexity index is 3980. The van der Waals surface area contributed by atoms with Gasteiger partial charge in [-0.25, -0.2) is 15.0 Å². The van der Waals surface area contributed by atoms with Crippen molar-refractivity contribution in [2.24, 2.45) is 0 Å². The Morgan fingerprint density at radius 1 is 0.575 bits per heavy atom. The van der Waals surface area contributed by atoms with E-state index in [1.165, 1.54) is 114 Å². The molecule has 7 aromatic rings. The summed E-state index contributed by atoms with van der Waals surface area (Å²) in [5.74, 6) is 1.86. The lowest BCUT2D eigenvalue weighted by Gasteiger charge is -2.13. The Balaban J connectivity index is 0.922. The molecule has 0 radical (unpaired) electrons. The minimum atomic E-state index is 0.595. The van der Waals surface area contributed by atoms with Gasteiger partial charge in [0.2, 0.25) is 0 Å². The minimum absolute atomic E-state index is 0.595. The first-order chi connectivity index (χ1) is 39.4. The largest absolute Gasteiger partial charge is 0.209 e. The first-order valence-electron chi connectivity index (χ1n) is 29.0. The molecule has 0 aliphatic heterocycles. The summed E-state index contributed by atoms with van der Waals surface area (Å²) in [5.41, 5.74) is 23.6. The molecular weight excluding hydrogens is 967 g/mol. The molecule has 0 atom stereocenters. The van der Waals surface area contributed by atoms with E-state index in [0.717, 1.165) is 66.4 Å². The second kappa shape index (κ2) is 25.3. The monoisotopic (exact) mass is 1040 g/mol. The average molecular weight is 1040 g/mol. The number of hydrogen-bond donors (Lipinski definition) is 0. The van der Waals surface area contributed by atoms with Crippen LogP contribution in [0.2, 0.25) is 0 Å². The van der Waals surface area contributed by atoms with Crippen LogP contribution >= 0.6 is 0 Å². The summed E-state index contributed by atoms with van der Waals surface area (Å²) in [6.45, 7) is 8.93. The van der Waals surface area contributed by atoms with E-state index in [9.17, 15) is 0 Å². The highest BCUT2D eigenvalue weighted by Gasteiger charge is 2.19. The van der Waals surface area contributed by atoms with Crippen molar-refractivity contribution < 1.29 is 0 Å². The Hall–Kier alpha value is -8.79. The fourth-order valence-corrected chi connectivity index (χ4v) is 11.4. The summed E-state index contributed by atoms with van der Waals surface area (Å²) in [6, 6.07) is 49.0. The van der Waals surface area contributed by atoms with Gasteiger partial charge in [0.05, 0.1) is 0 Å². The van der Waals surface area contributed by atoms with Crippen LogP contribution in [-0.4, -0.2) is 15.0 Å². The van der Waals surface area contributed by atoms with Gasteiger partial charge in [0.1, 0.15) is 0 Å². The Kier molecular flexibility index (Phi) is 16.9. The van der Waals surface area contributed by atoms with Gasteiger partial charge in [-0.3, -0.25) is 0 Å². The lowest BCUT2D eigenvalue weighted by molar-refractivity contribution is 0.767. The molecule has 0 amide bonds. The molecular formula is C77H71N3. The fraction of sp³-hybridized carbons (Fsp3) is 0.182. The quantitative estimate of drug-likeness (QED) is 0.0715. The molecule has 0 saturated carbocycles. The van der Waals surface area contributed by atoms with Crippen molar-refractivity contribution in [1.82, 2.24) is 15.0 Å². The highest BCUT2D eigenvalue weighted by molar-refractivity contribution is 5.86. The van der Waals surface area contributed by atoms with Crippen molar-refractivity contribution in [3.05, 3.63) is 301 Å². The molecule has 0 fully saturated rings. The van der Waals surface area contributed by atoms with Gasteiger partial charge in [-0.05, 0) is 183 Å². The van der Waals surface area contributed by atoms with E-state index in [-0.39, 0.29) is 0 Å². The molecule has 1 heterocycles. The minimum Gasteiger partial charge on any atom is -0.209 e. The molecule has 0 bridgehead atoms. The van der Waals surface area contributed by atoms with Crippen LogP contribution in [0.4, 0.5) is 0 Å². The summed E-state index contributed by atoms with van der Waals surface area (Å²) >= 11 is 0. The zero-order chi connectivity index (χ0) is 54.6. The number of aromatic nitrogens is 3. The van der Waals surface area contributed by atoms with Crippen molar-refractivity contribution >= 4 is 35.5 Å². The first-order valence-corrected chi connectivity index (χ1v) is 29.0. The van der Waals surface area contributed by atoms with Crippen molar-refractivity contribution in [2.45, 2.75) is 91.9 Å². The number of nitrogens with zero attached hydrogens (tertiary/aromatic N) is 3. The van der Waals surface area contributed by atoms with Gasteiger partial charge in [0.25, 0.3) is 0 Å². The summed E-state index contributed by atoms with van der Waals surface area (Å²) < 4.78 is 0. The highest BCUT2D eigenvalue weighted by atomic mass is 15.0. The Morgan fingerprint density at radius 2 is 1.35 bits per heavy atom. The lowest BCUT2D eigenvalue weighted by atomic mass is 9.92. The van der Waals surface area contributed by atoms with E-state index in [4.69, 9.17) is 15.0 Å². The van der Waals surface area contributed by atoms with E-state index >= 15 is 0 Å². The summed E-state index contributed by atoms with van der Waals surface area (Å²) in [5, 5.41) is 2.48. The van der Waals surface area contributed by atoms with Crippen LogP contribution in [0.1, 0.15) is 123 Å². The van der Waals surface area contributed by atoms with Crippen LogP contribution in [0.25, 0.3) is 69.4 Å². The number of allylic oxidation sites excluding steroid dienone is 18. The molecule has 6 aromatic carbocycles. The zero-order valence-electron chi connectivity index (χ0n) is 46.9. The van der Waals surface area contributed by atoms with Gasteiger partial charge in [-0.15, -0.1) is 0 Å². The molecule has 0 unspecified atom stereocenters. The zero-order valence-corrected chi connectivity index (χ0v) is 46.9. The van der Waals surface area contributed by atoms with E-state index < -0.39 is 0 Å². The molecule has 394 valence electrons.